The van der Waals surface area contributed by atoms with Gasteiger partial charge in [0, 0.05) is 17.5 Å². The number of benzene rings is 1. The molecule has 0 radical (unpaired) electrons. The predicted octanol–water partition coefficient (Wildman–Crippen LogP) is 3.49. The number of hydrogen-bond acceptors (Lipinski definition) is 1. The summed E-state index contributed by atoms with van der Waals surface area (Å²) in [5.41, 5.74) is 5.71. The van der Waals surface area contributed by atoms with Gasteiger partial charge in [-0.05, 0) is 43.4 Å². The smallest absolute Gasteiger partial charge is 0.116 e. The molecule has 1 aliphatic rings. The summed E-state index contributed by atoms with van der Waals surface area (Å²) in [6.07, 6.45) is 3.41. The molecular weight excluding hydrogens is 225 g/mol. The molecule has 1 nitrogen and oxygen atoms in total. The van der Waals surface area contributed by atoms with Crippen molar-refractivity contribution in [3.05, 3.63) is 34.9 Å². The molecule has 1 aromatic carbocycles. The average Bonchev–Trinajstić information content (AvgIpc) is 2.21. The molecule has 0 bridgehead atoms. The van der Waals surface area contributed by atoms with Gasteiger partial charge < -0.3 is 5.73 Å². The summed E-state index contributed by atoms with van der Waals surface area (Å²) in [5.74, 6) is 0. The maximum Gasteiger partial charge on any atom is 0.116 e. The minimum absolute atomic E-state index is 0.0195. The third-order valence-corrected chi connectivity index (χ3v) is 3.51. The van der Waals surface area contributed by atoms with Crippen molar-refractivity contribution < 1.29 is 4.39 Å². The summed E-state index contributed by atoms with van der Waals surface area (Å²) in [6, 6.07) is 7.42. The zero-order valence-corrected chi connectivity index (χ0v) is 10.0. The van der Waals surface area contributed by atoms with E-state index in [1.165, 1.54) is 0 Å². The Bertz CT molecular complexity index is 351. The van der Waals surface area contributed by atoms with Crippen LogP contribution in [0.15, 0.2) is 24.3 Å². The quantitative estimate of drug-likeness (QED) is 0.843. The first-order valence-corrected chi connectivity index (χ1v) is 6.14. The normalized spacial score (nSPS) is 30.3. The second-order valence-corrected chi connectivity index (χ2v) is 5.25. The molecular formula is C13H17ClFN. The van der Waals surface area contributed by atoms with E-state index in [-0.39, 0.29) is 6.04 Å². The Morgan fingerprint density at radius 2 is 2.06 bits per heavy atom. The fourth-order valence-corrected chi connectivity index (χ4v) is 2.61. The van der Waals surface area contributed by atoms with Gasteiger partial charge in [-0.15, -0.1) is 0 Å². The molecule has 2 atom stereocenters. The number of rotatable bonds is 2. The SMILES string of the molecule is NC1CCCC(F)(Cc2ccc(Cl)cc2)C1. The lowest BCUT2D eigenvalue weighted by Crippen LogP contribution is -2.39. The molecule has 88 valence electrons. The van der Waals surface area contributed by atoms with Gasteiger partial charge in [-0.2, -0.15) is 0 Å². The first kappa shape index (κ1) is 11.9. The minimum Gasteiger partial charge on any atom is -0.328 e. The van der Waals surface area contributed by atoms with E-state index in [0.29, 0.717) is 24.3 Å². The molecule has 16 heavy (non-hydrogen) atoms. The first-order valence-electron chi connectivity index (χ1n) is 5.76. The van der Waals surface area contributed by atoms with Crippen molar-refractivity contribution in [2.24, 2.45) is 5.73 Å². The summed E-state index contributed by atoms with van der Waals surface area (Å²) in [5, 5.41) is 0.692. The molecule has 3 heteroatoms. The van der Waals surface area contributed by atoms with Gasteiger partial charge in [-0.25, -0.2) is 4.39 Å². The highest BCUT2D eigenvalue weighted by Crippen LogP contribution is 2.34. The molecule has 0 spiro atoms. The van der Waals surface area contributed by atoms with E-state index < -0.39 is 5.67 Å². The van der Waals surface area contributed by atoms with Crippen LogP contribution in [-0.2, 0) is 6.42 Å². The highest BCUT2D eigenvalue weighted by atomic mass is 35.5. The maximum atomic E-state index is 14.5. The van der Waals surface area contributed by atoms with E-state index in [1.807, 2.05) is 24.3 Å². The highest BCUT2D eigenvalue weighted by Gasteiger charge is 2.35. The lowest BCUT2D eigenvalue weighted by atomic mass is 9.80. The van der Waals surface area contributed by atoms with Gasteiger partial charge in [0.1, 0.15) is 5.67 Å². The monoisotopic (exact) mass is 241 g/mol. The van der Waals surface area contributed by atoms with E-state index in [2.05, 4.69) is 0 Å². The summed E-state index contributed by atoms with van der Waals surface area (Å²) in [7, 11) is 0. The summed E-state index contributed by atoms with van der Waals surface area (Å²) < 4.78 is 14.5. The largest absolute Gasteiger partial charge is 0.328 e. The number of hydrogen-bond donors (Lipinski definition) is 1. The van der Waals surface area contributed by atoms with Crippen LogP contribution in [0.2, 0.25) is 5.02 Å². The lowest BCUT2D eigenvalue weighted by molar-refractivity contribution is 0.0965. The molecule has 0 aromatic heterocycles. The predicted molar refractivity (Wildman–Crippen MR) is 65.4 cm³/mol. The lowest BCUT2D eigenvalue weighted by Gasteiger charge is -2.33. The van der Waals surface area contributed by atoms with Crippen molar-refractivity contribution in [2.45, 2.75) is 43.8 Å². The van der Waals surface area contributed by atoms with E-state index in [4.69, 9.17) is 17.3 Å². The van der Waals surface area contributed by atoms with Crippen LogP contribution in [0.25, 0.3) is 0 Å². The van der Waals surface area contributed by atoms with Crippen molar-refractivity contribution in [1.82, 2.24) is 0 Å². The molecule has 1 saturated carbocycles. The second kappa shape index (κ2) is 4.72. The zero-order chi connectivity index (χ0) is 11.6. The Balaban J connectivity index is 2.05. The van der Waals surface area contributed by atoms with Crippen LogP contribution < -0.4 is 5.73 Å². The van der Waals surface area contributed by atoms with Crippen LogP contribution >= 0.6 is 11.6 Å². The fourth-order valence-electron chi connectivity index (χ4n) is 2.48. The molecule has 0 saturated heterocycles. The van der Waals surface area contributed by atoms with Crippen LogP contribution in [0.5, 0.6) is 0 Å². The third kappa shape index (κ3) is 2.96. The van der Waals surface area contributed by atoms with Gasteiger partial charge in [0.05, 0.1) is 0 Å². The van der Waals surface area contributed by atoms with Crippen molar-refractivity contribution in [3.63, 3.8) is 0 Å². The van der Waals surface area contributed by atoms with Crippen molar-refractivity contribution in [3.8, 4) is 0 Å². The Morgan fingerprint density at radius 3 is 2.69 bits per heavy atom. The topological polar surface area (TPSA) is 26.0 Å². The van der Waals surface area contributed by atoms with E-state index in [0.717, 1.165) is 18.4 Å². The number of alkyl halides is 1. The van der Waals surface area contributed by atoms with Crippen molar-refractivity contribution in [1.29, 1.82) is 0 Å². The van der Waals surface area contributed by atoms with E-state index in [9.17, 15) is 4.39 Å². The fraction of sp³-hybridized carbons (Fsp3) is 0.538. The number of nitrogens with two attached hydrogens (primary N) is 1. The van der Waals surface area contributed by atoms with Crippen molar-refractivity contribution in [2.75, 3.05) is 0 Å². The molecule has 1 fully saturated rings. The Morgan fingerprint density at radius 1 is 1.38 bits per heavy atom. The molecule has 1 aromatic rings. The second-order valence-electron chi connectivity index (χ2n) is 4.81. The Hall–Kier alpha value is -0.600. The van der Waals surface area contributed by atoms with Gasteiger partial charge in [0.15, 0.2) is 0 Å². The summed E-state index contributed by atoms with van der Waals surface area (Å²) in [6.45, 7) is 0. The van der Waals surface area contributed by atoms with Gasteiger partial charge in [-0.1, -0.05) is 23.7 Å². The molecule has 0 aliphatic heterocycles. The highest BCUT2D eigenvalue weighted by molar-refractivity contribution is 6.30. The standard InChI is InChI=1S/C13H17ClFN/c14-11-5-3-10(4-6-11)8-13(15)7-1-2-12(16)9-13/h3-6,12H,1-2,7-9,16H2. The number of halogens is 2. The van der Waals surface area contributed by atoms with E-state index >= 15 is 0 Å². The summed E-state index contributed by atoms with van der Waals surface area (Å²) in [4.78, 5) is 0. The maximum absolute atomic E-state index is 14.5. The average molecular weight is 242 g/mol. The first-order chi connectivity index (χ1) is 7.57. The van der Waals surface area contributed by atoms with Crippen molar-refractivity contribution >= 4 is 11.6 Å². The zero-order valence-electron chi connectivity index (χ0n) is 9.26. The minimum atomic E-state index is -1.12. The van der Waals surface area contributed by atoms with Gasteiger partial charge in [-0.3, -0.25) is 0 Å². The summed E-state index contributed by atoms with van der Waals surface area (Å²) >= 11 is 5.80. The van der Waals surface area contributed by atoms with Gasteiger partial charge in [0.25, 0.3) is 0 Å². The Kier molecular flexibility index (Phi) is 3.50. The third-order valence-electron chi connectivity index (χ3n) is 3.26. The van der Waals surface area contributed by atoms with Gasteiger partial charge >= 0.3 is 0 Å². The Labute approximate surface area is 101 Å². The molecule has 2 rings (SSSR count). The molecule has 0 amide bonds. The van der Waals surface area contributed by atoms with Crippen LogP contribution in [0.4, 0.5) is 4.39 Å². The molecule has 2 N–H and O–H groups in total. The van der Waals surface area contributed by atoms with Gasteiger partial charge in [0.2, 0.25) is 0 Å². The van der Waals surface area contributed by atoms with E-state index in [1.54, 1.807) is 0 Å². The molecule has 0 heterocycles. The van der Waals surface area contributed by atoms with Crippen LogP contribution in [0, 0.1) is 0 Å². The van der Waals surface area contributed by atoms with Crippen LogP contribution in [-0.4, -0.2) is 11.7 Å². The van der Waals surface area contributed by atoms with Crippen LogP contribution in [0.3, 0.4) is 0 Å². The molecule has 2 unspecified atom stereocenters. The molecule has 1 aliphatic carbocycles. The van der Waals surface area contributed by atoms with Crippen LogP contribution in [0.1, 0.15) is 31.2 Å².